The molecule has 0 heterocycles. The minimum Gasteiger partial charge on any atom is -0.493 e. The molecule has 0 fully saturated rings. The summed E-state index contributed by atoms with van der Waals surface area (Å²) in [6.45, 7) is 9.84. The Balaban J connectivity index is 2.23. The van der Waals surface area contributed by atoms with Crippen molar-refractivity contribution in [1.29, 1.82) is 0 Å². The molecular formula is C17H30N2O. The van der Waals surface area contributed by atoms with Crippen LogP contribution in [0.25, 0.3) is 0 Å². The molecule has 0 saturated heterocycles. The van der Waals surface area contributed by atoms with Gasteiger partial charge in [0.2, 0.25) is 0 Å². The number of unbranched alkanes of at least 4 members (excludes halogenated alkanes) is 2. The highest BCUT2D eigenvalue weighted by molar-refractivity contribution is 5.43. The first-order valence-electron chi connectivity index (χ1n) is 7.86. The standard InChI is InChI=1S/C17H30N2O/c1-4-5-6-11-19(15(2)3)12-8-13-20-17-10-7-9-16(18)14-17/h7,9-10,14-15H,4-6,8,11-13,18H2,1-3H3. The first-order chi connectivity index (χ1) is 9.63. The van der Waals surface area contributed by atoms with E-state index in [4.69, 9.17) is 10.5 Å². The SMILES string of the molecule is CCCCCN(CCCOc1cccc(N)c1)C(C)C. The summed E-state index contributed by atoms with van der Waals surface area (Å²) in [6.07, 6.45) is 4.96. The van der Waals surface area contributed by atoms with Crippen molar-refractivity contribution >= 4 is 5.69 Å². The molecule has 0 bridgehead atoms. The number of ether oxygens (including phenoxy) is 1. The van der Waals surface area contributed by atoms with Gasteiger partial charge in [0, 0.05) is 24.3 Å². The molecule has 2 N–H and O–H groups in total. The summed E-state index contributed by atoms with van der Waals surface area (Å²) >= 11 is 0. The van der Waals surface area contributed by atoms with E-state index in [1.807, 2.05) is 24.3 Å². The summed E-state index contributed by atoms with van der Waals surface area (Å²) in [7, 11) is 0. The molecule has 0 unspecified atom stereocenters. The molecule has 3 nitrogen and oxygen atoms in total. The molecule has 0 spiro atoms. The van der Waals surface area contributed by atoms with Crippen LogP contribution in [0.2, 0.25) is 0 Å². The molecule has 1 rings (SSSR count). The normalized spacial score (nSPS) is 11.2. The molecule has 0 amide bonds. The average molecular weight is 278 g/mol. The van der Waals surface area contributed by atoms with Crippen LogP contribution >= 0.6 is 0 Å². The van der Waals surface area contributed by atoms with Crippen LogP contribution in [0, 0.1) is 0 Å². The third-order valence-electron chi connectivity index (χ3n) is 3.50. The van der Waals surface area contributed by atoms with Crippen molar-refractivity contribution in [3.63, 3.8) is 0 Å². The molecule has 20 heavy (non-hydrogen) atoms. The zero-order valence-electron chi connectivity index (χ0n) is 13.3. The first kappa shape index (κ1) is 16.8. The van der Waals surface area contributed by atoms with Crippen LogP contribution in [0.4, 0.5) is 5.69 Å². The lowest BCUT2D eigenvalue weighted by atomic mass is 10.2. The third-order valence-corrected chi connectivity index (χ3v) is 3.50. The fourth-order valence-electron chi connectivity index (χ4n) is 2.26. The summed E-state index contributed by atoms with van der Waals surface area (Å²) in [5.74, 6) is 0.868. The quantitative estimate of drug-likeness (QED) is 0.520. The summed E-state index contributed by atoms with van der Waals surface area (Å²) in [5, 5.41) is 0. The minimum atomic E-state index is 0.610. The van der Waals surface area contributed by atoms with E-state index in [1.165, 1.54) is 25.8 Å². The van der Waals surface area contributed by atoms with Crippen LogP contribution in [0.3, 0.4) is 0 Å². The molecule has 0 aromatic heterocycles. The Morgan fingerprint density at radius 2 is 1.90 bits per heavy atom. The van der Waals surface area contributed by atoms with E-state index in [2.05, 4.69) is 25.7 Å². The Morgan fingerprint density at radius 3 is 2.55 bits per heavy atom. The summed E-state index contributed by atoms with van der Waals surface area (Å²) in [5.41, 5.74) is 6.49. The zero-order valence-corrected chi connectivity index (χ0v) is 13.3. The monoisotopic (exact) mass is 278 g/mol. The second-order valence-corrected chi connectivity index (χ2v) is 5.61. The molecule has 0 aliphatic heterocycles. The second kappa shape index (κ2) is 9.65. The Bertz CT molecular complexity index is 366. The topological polar surface area (TPSA) is 38.5 Å². The van der Waals surface area contributed by atoms with Gasteiger partial charge in [-0.15, -0.1) is 0 Å². The minimum absolute atomic E-state index is 0.610. The van der Waals surface area contributed by atoms with Crippen molar-refractivity contribution in [2.45, 2.75) is 52.5 Å². The molecule has 0 aliphatic carbocycles. The van der Waals surface area contributed by atoms with Crippen LogP contribution in [0.5, 0.6) is 5.75 Å². The fraction of sp³-hybridized carbons (Fsp3) is 0.647. The van der Waals surface area contributed by atoms with Crippen LogP contribution in [-0.4, -0.2) is 30.6 Å². The number of hydrogen-bond acceptors (Lipinski definition) is 3. The van der Waals surface area contributed by atoms with Gasteiger partial charge in [-0.05, 0) is 45.4 Å². The van der Waals surface area contributed by atoms with E-state index in [9.17, 15) is 0 Å². The zero-order chi connectivity index (χ0) is 14.8. The van der Waals surface area contributed by atoms with Gasteiger partial charge >= 0.3 is 0 Å². The van der Waals surface area contributed by atoms with E-state index >= 15 is 0 Å². The highest BCUT2D eigenvalue weighted by atomic mass is 16.5. The molecule has 0 atom stereocenters. The maximum atomic E-state index is 5.74. The van der Waals surface area contributed by atoms with E-state index in [0.717, 1.165) is 31.0 Å². The third kappa shape index (κ3) is 6.80. The lowest BCUT2D eigenvalue weighted by molar-refractivity contribution is 0.195. The molecule has 0 saturated carbocycles. The highest BCUT2D eigenvalue weighted by Gasteiger charge is 2.08. The van der Waals surface area contributed by atoms with Crippen molar-refractivity contribution in [3.8, 4) is 5.75 Å². The number of benzene rings is 1. The smallest absolute Gasteiger partial charge is 0.121 e. The largest absolute Gasteiger partial charge is 0.493 e. The van der Waals surface area contributed by atoms with E-state index in [-0.39, 0.29) is 0 Å². The first-order valence-corrected chi connectivity index (χ1v) is 7.86. The number of nitrogens with two attached hydrogens (primary N) is 1. The molecule has 0 radical (unpaired) electrons. The highest BCUT2D eigenvalue weighted by Crippen LogP contribution is 2.14. The predicted octanol–water partition coefficient (Wildman–Crippen LogP) is 3.94. The Hall–Kier alpha value is -1.22. The van der Waals surface area contributed by atoms with E-state index in [1.54, 1.807) is 0 Å². The average Bonchev–Trinajstić information content (AvgIpc) is 2.41. The van der Waals surface area contributed by atoms with Crippen LogP contribution in [-0.2, 0) is 0 Å². The van der Waals surface area contributed by atoms with Crippen LogP contribution in [0.1, 0.15) is 46.5 Å². The van der Waals surface area contributed by atoms with Crippen LogP contribution in [0.15, 0.2) is 24.3 Å². The number of nitrogen functional groups attached to an aromatic ring is 1. The Morgan fingerprint density at radius 1 is 1.15 bits per heavy atom. The fourth-order valence-corrected chi connectivity index (χ4v) is 2.26. The van der Waals surface area contributed by atoms with E-state index < -0.39 is 0 Å². The number of rotatable bonds is 10. The molecule has 114 valence electrons. The van der Waals surface area contributed by atoms with Crippen molar-refractivity contribution < 1.29 is 4.74 Å². The Kier molecular flexibility index (Phi) is 8.12. The van der Waals surface area contributed by atoms with Gasteiger partial charge in [0.05, 0.1) is 6.61 Å². The maximum absolute atomic E-state index is 5.74. The lowest BCUT2D eigenvalue weighted by Crippen LogP contribution is -2.33. The number of hydrogen-bond donors (Lipinski definition) is 1. The van der Waals surface area contributed by atoms with Gasteiger partial charge in [-0.25, -0.2) is 0 Å². The molecule has 1 aromatic rings. The van der Waals surface area contributed by atoms with Crippen molar-refractivity contribution in [1.82, 2.24) is 4.90 Å². The molecular weight excluding hydrogens is 248 g/mol. The van der Waals surface area contributed by atoms with E-state index in [0.29, 0.717) is 6.04 Å². The molecule has 1 aromatic carbocycles. The second-order valence-electron chi connectivity index (χ2n) is 5.61. The molecule has 0 aliphatic rings. The van der Waals surface area contributed by atoms with Crippen molar-refractivity contribution in [2.75, 3.05) is 25.4 Å². The molecule has 3 heteroatoms. The van der Waals surface area contributed by atoms with Gasteiger partial charge in [0.25, 0.3) is 0 Å². The van der Waals surface area contributed by atoms with Gasteiger partial charge in [0.1, 0.15) is 5.75 Å². The summed E-state index contributed by atoms with van der Waals surface area (Å²) < 4.78 is 5.74. The van der Waals surface area contributed by atoms with Gasteiger partial charge in [0.15, 0.2) is 0 Å². The van der Waals surface area contributed by atoms with Gasteiger partial charge < -0.3 is 15.4 Å². The predicted molar refractivity (Wildman–Crippen MR) is 87.2 cm³/mol. The van der Waals surface area contributed by atoms with Crippen LogP contribution < -0.4 is 10.5 Å². The summed E-state index contributed by atoms with van der Waals surface area (Å²) in [4.78, 5) is 2.54. The van der Waals surface area contributed by atoms with Crippen molar-refractivity contribution in [3.05, 3.63) is 24.3 Å². The van der Waals surface area contributed by atoms with Gasteiger partial charge in [-0.1, -0.05) is 25.8 Å². The summed E-state index contributed by atoms with van der Waals surface area (Å²) in [6, 6.07) is 8.25. The van der Waals surface area contributed by atoms with Gasteiger partial charge in [-0.3, -0.25) is 0 Å². The van der Waals surface area contributed by atoms with Crippen molar-refractivity contribution in [2.24, 2.45) is 0 Å². The number of nitrogens with zero attached hydrogens (tertiary/aromatic N) is 1. The maximum Gasteiger partial charge on any atom is 0.121 e. The Labute approximate surface area is 124 Å². The van der Waals surface area contributed by atoms with Gasteiger partial charge in [-0.2, -0.15) is 0 Å². The number of anilines is 1. The lowest BCUT2D eigenvalue weighted by Gasteiger charge is -2.26.